The second-order valence-electron chi connectivity index (χ2n) is 4.98. The van der Waals surface area contributed by atoms with Crippen LogP contribution in [0.3, 0.4) is 0 Å². The minimum Gasteiger partial charge on any atom is -0.293 e. The fourth-order valence-electron chi connectivity index (χ4n) is 2.74. The highest BCUT2D eigenvalue weighted by atomic mass is 79.9. The van der Waals surface area contributed by atoms with Crippen LogP contribution in [0.15, 0.2) is 41.0 Å². The number of halogens is 2. The van der Waals surface area contributed by atoms with Crippen LogP contribution in [0.25, 0.3) is 0 Å². The van der Waals surface area contributed by atoms with E-state index in [0.29, 0.717) is 4.47 Å². The van der Waals surface area contributed by atoms with Crippen molar-refractivity contribution in [2.45, 2.75) is 25.2 Å². The average molecular weight is 334 g/mol. The van der Waals surface area contributed by atoms with Gasteiger partial charge in [-0.15, -0.1) is 0 Å². The summed E-state index contributed by atoms with van der Waals surface area (Å²) in [7, 11) is 0. The summed E-state index contributed by atoms with van der Waals surface area (Å²) in [4.78, 5) is 16.9. The molecular formula is C16H13BrFNO. The number of rotatable bonds is 2. The van der Waals surface area contributed by atoms with Gasteiger partial charge in [0.05, 0.1) is 17.2 Å². The summed E-state index contributed by atoms with van der Waals surface area (Å²) in [5.41, 5.74) is 2.07. The van der Waals surface area contributed by atoms with Crippen LogP contribution in [0.4, 0.5) is 4.39 Å². The molecule has 1 unspecified atom stereocenters. The molecule has 2 nitrogen and oxygen atoms in total. The number of fused-ring (bicyclic) bond motifs is 1. The van der Waals surface area contributed by atoms with Crippen molar-refractivity contribution in [1.29, 1.82) is 0 Å². The minimum atomic E-state index is -0.479. The van der Waals surface area contributed by atoms with Crippen molar-refractivity contribution in [3.63, 3.8) is 0 Å². The zero-order valence-electron chi connectivity index (χ0n) is 10.8. The van der Waals surface area contributed by atoms with Crippen molar-refractivity contribution in [3.05, 3.63) is 63.6 Å². The van der Waals surface area contributed by atoms with E-state index in [2.05, 4.69) is 20.9 Å². The average Bonchev–Trinajstić information content (AvgIpc) is 2.46. The molecule has 3 rings (SSSR count). The van der Waals surface area contributed by atoms with Crippen molar-refractivity contribution in [2.75, 3.05) is 0 Å². The fraction of sp³-hybridized carbons (Fsp3) is 0.250. The standard InChI is InChI=1S/C16H13BrFNO/c17-11-6-7-12(14(18)9-11)16(20)13-5-1-3-10-4-2-8-19-15(10)13/h2,4,6-9,13H,1,3,5H2. The summed E-state index contributed by atoms with van der Waals surface area (Å²) in [6.45, 7) is 0. The van der Waals surface area contributed by atoms with Gasteiger partial charge in [0.2, 0.25) is 0 Å². The van der Waals surface area contributed by atoms with Crippen molar-refractivity contribution in [3.8, 4) is 0 Å². The lowest BCUT2D eigenvalue weighted by atomic mass is 9.82. The summed E-state index contributed by atoms with van der Waals surface area (Å²) in [5.74, 6) is -0.974. The number of benzene rings is 1. The molecule has 0 radical (unpaired) electrons. The van der Waals surface area contributed by atoms with E-state index >= 15 is 0 Å². The number of aryl methyl sites for hydroxylation is 1. The molecule has 102 valence electrons. The van der Waals surface area contributed by atoms with Gasteiger partial charge in [-0.05, 0) is 49.1 Å². The van der Waals surface area contributed by atoms with Crippen molar-refractivity contribution >= 4 is 21.7 Å². The monoisotopic (exact) mass is 333 g/mol. The highest BCUT2D eigenvalue weighted by Crippen LogP contribution is 2.33. The van der Waals surface area contributed by atoms with Crippen LogP contribution in [-0.4, -0.2) is 10.8 Å². The van der Waals surface area contributed by atoms with Crippen LogP contribution in [0, 0.1) is 5.82 Å². The van der Waals surface area contributed by atoms with Gasteiger partial charge in [-0.25, -0.2) is 4.39 Å². The summed E-state index contributed by atoms with van der Waals surface area (Å²) in [6, 6.07) is 8.44. The molecule has 0 bridgehead atoms. The number of hydrogen-bond acceptors (Lipinski definition) is 2. The Morgan fingerprint density at radius 1 is 1.35 bits per heavy atom. The van der Waals surface area contributed by atoms with Crippen LogP contribution >= 0.6 is 15.9 Å². The number of pyridine rings is 1. The molecule has 0 N–H and O–H groups in total. The lowest BCUT2D eigenvalue weighted by Crippen LogP contribution is -2.21. The normalized spacial score (nSPS) is 17.6. The first kappa shape index (κ1) is 13.4. The highest BCUT2D eigenvalue weighted by Gasteiger charge is 2.29. The Labute approximate surface area is 125 Å². The molecule has 4 heteroatoms. The van der Waals surface area contributed by atoms with Crippen LogP contribution in [-0.2, 0) is 6.42 Å². The quantitative estimate of drug-likeness (QED) is 0.767. The number of nitrogens with zero attached hydrogens (tertiary/aromatic N) is 1. The van der Waals surface area contributed by atoms with Crippen molar-refractivity contribution in [1.82, 2.24) is 4.98 Å². The largest absolute Gasteiger partial charge is 0.293 e. The fourth-order valence-corrected chi connectivity index (χ4v) is 3.07. The Balaban J connectivity index is 2.00. The molecular weight excluding hydrogens is 321 g/mol. The lowest BCUT2D eigenvalue weighted by Gasteiger charge is -2.23. The molecule has 1 aromatic heterocycles. The molecule has 0 aliphatic heterocycles. The first-order valence-corrected chi connectivity index (χ1v) is 7.39. The summed E-state index contributed by atoms with van der Waals surface area (Å²) >= 11 is 3.20. The third-order valence-electron chi connectivity index (χ3n) is 3.71. The summed E-state index contributed by atoms with van der Waals surface area (Å²) in [6.07, 6.45) is 4.31. The van der Waals surface area contributed by atoms with Gasteiger partial charge in [-0.3, -0.25) is 9.78 Å². The van der Waals surface area contributed by atoms with Gasteiger partial charge in [-0.1, -0.05) is 22.0 Å². The molecule has 1 aliphatic carbocycles. The van der Waals surface area contributed by atoms with E-state index in [9.17, 15) is 9.18 Å². The maximum Gasteiger partial charge on any atom is 0.174 e. The number of aromatic nitrogens is 1. The first-order chi connectivity index (χ1) is 9.66. The maximum absolute atomic E-state index is 14.0. The van der Waals surface area contributed by atoms with E-state index in [4.69, 9.17) is 0 Å². The van der Waals surface area contributed by atoms with Crippen molar-refractivity contribution in [2.24, 2.45) is 0 Å². The lowest BCUT2D eigenvalue weighted by molar-refractivity contribution is 0.0945. The van der Waals surface area contributed by atoms with Crippen LogP contribution in [0.2, 0.25) is 0 Å². The second kappa shape index (κ2) is 5.44. The molecule has 0 saturated carbocycles. The van der Waals surface area contributed by atoms with Gasteiger partial charge in [0.15, 0.2) is 5.78 Å². The smallest absolute Gasteiger partial charge is 0.174 e. The Morgan fingerprint density at radius 3 is 3.00 bits per heavy atom. The van der Waals surface area contributed by atoms with E-state index in [1.165, 1.54) is 6.07 Å². The number of hydrogen-bond donors (Lipinski definition) is 0. The molecule has 2 aromatic rings. The zero-order valence-corrected chi connectivity index (χ0v) is 12.4. The number of carbonyl (C=O) groups is 1. The third kappa shape index (κ3) is 2.40. The van der Waals surface area contributed by atoms with Crippen LogP contribution in [0.1, 0.15) is 40.4 Å². The van der Waals surface area contributed by atoms with Gasteiger partial charge in [0, 0.05) is 10.7 Å². The number of ketones is 1. The first-order valence-electron chi connectivity index (χ1n) is 6.60. The van der Waals surface area contributed by atoms with Crippen molar-refractivity contribution < 1.29 is 9.18 Å². The number of Topliss-reactive ketones (excluding diaryl/α,β-unsaturated/α-hetero) is 1. The topological polar surface area (TPSA) is 30.0 Å². The van der Waals surface area contributed by atoms with E-state index in [1.54, 1.807) is 18.3 Å². The van der Waals surface area contributed by atoms with E-state index in [0.717, 1.165) is 30.5 Å². The van der Waals surface area contributed by atoms with E-state index < -0.39 is 5.82 Å². The van der Waals surface area contributed by atoms with Crippen LogP contribution in [0.5, 0.6) is 0 Å². The molecule has 1 atom stereocenters. The summed E-state index contributed by atoms with van der Waals surface area (Å²) in [5, 5.41) is 0. The third-order valence-corrected chi connectivity index (χ3v) is 4.20. The Kier molecular flexibility index (Phi) is 3.66. The highest BCUT2D eigenvalue weighted by molar-refractivity contribution is 9.10. The van der Waals surface area contributed by atoms with E-state index in [-0.39, 0.29) is 17.3 Å². The number of carbonyl (C=O) groups excluding carboxylic acids is 1. The summed E-state index contributed by atoms with van der Waals surface area (Å²) < 4.78 is 14.6. The van der Waals surface area contributed by atoms with E-state index in [1.807, 2.05) is 12.1 Å². The molecule has 0 saturated heterocycles. The Hall–Kier alpha value is -1.55. The Morgan fingerprint density at radius 2 is 2.20 bits per heavy atom. The molecule has 1 aromatic carbocycles. The molecule has 0 spiro atoms. The molecule has 1 heterocycles. The van der Waals surface area contributed by atoms with Gasteiger partial charge in [0.1, 0.15) is 5.82 Å². The zero-order chi connectivity index (χ0) is 14.1. The maximum atomic E-state index is 14.0. The molecule has 1 aliphatic rings. The van der Waals surface area contributed by atoms with Gasteiger partial charge < -0.3 is 0 Å². The predicted molar refractivity (Wildman–Crippen MR) is 78.3 cm³/mol. The van der Waals surface area contributed by atoms with Gasteiger partial charge >= 0.3 is 0 Å². The van der Waals surface area contributed by atoms with Crippen LogP contribution < -0.4 is 0 Å². The Bertz CT molecular complexity index is 671. The molecule has 0 amide bonds. The SMILES string of the molecule is O=C(c1ccc(Br)cc1F)C1CCCc2cccnc21. The molecule has 20 heavy (non-hydrogen) atoms. The predicted octanol–water partition coefficient (Wildman–Crippen LogP) is 4.29. The van der Waals surface area contributed by atoms with Gasteiger partial charge in [-0.2, -0.15) is 0 Å². The minimum absolute atomic E-state index is 0.150. The van der Waals surface area contributed by atoms with Gasteiger partial charge in [0.25, 0.3) is 0 Å². The molecule has 0 fully saturated rings. The second-order valence-corrected chi connectivity index (χ2v) is 5.90.